The number of amides is 1. The third-order valence-electron chi connectivity index (χ3n) is 6.83. The van der Waals surface area contributed by atoms with Crippen molar-refractivity contribution in [3.63, 3.8) is 0 Å². The van der Waals surface area contributed by atoms with Crippen LogP contribution in [0.4, 0.5) is 0 Å². The molecule has 9 nitrogen and oxygen atoms in total. The zero-order valence-corrected chi connectivity index (χ0v) is 21.4. The number of likely N-dealkylation sites (tertiary alicyclic amines) is 1. The lowest BCUT2D eigenvalue weighted by atomic mass is 9.91. The van der Waals surface area contributed by atoms with Gasteiger partial charge >= 0.3 is 0 Å². The maximum absolute atomic E-state index is 13.2. The Labute approximate surface area is 220 Å². The highest BCUT2D eigenvalue weighted by Gasteiger charge is 2.28. The van der Waals surface area contributed by atoms with Crippen molar-refractivity contribution >= 4 is 5.91 Å². The molecule has 1 saturated heterocycles. The number of carbonyl (C=O) groups excluding carboxylic acids is 1. The summed E-state index contributed by atoms with van der Waals surface area (Å²) in [5, 5.41) is 32.6. The number of nitriles is 1. The fourth-order valence-corrected chi connectivity index (χ4v) is 4.78. The second-order valence-electron chi connectivity index (χ2n) is 9.55. The summed E-state index contributed by atoms with van der Waals surface area (Å²) in [6.45, 7) is 4.02. The van der Waals surface area contributed by atoms with E-state index in [0.717, 1.165) is 38.0 Å². The van der Waals surface area contributed by atoms with E-state index in [0.29, 0.717) is 16.9 Å². The summed E-state index contributed by atoms with van der Waals surface area (Å²) in [6, 6.07) is 15.5. The van der Waals surface area contributed by atoms with Crippen LogP contribution < -0.4 is 15.5 Å². The van der Waals surface area contributed by atoms with Crippen LogP contribution >= 0.6 is 0 Å². The van der Waals surface area contributed by atoms with Gasteiger partial charge in [-0.05, 0) is 55.2 Å². The third-order valence-corrected chi connectivity index (χ3v) is 6.83. The molecule has 0 spiro atoms. The Balaban J connectivity index is 1.44. The fraction of sp³-hybridized carbons (Fsp3) is 0.345. The first-order valence-electron chi connectivity index (χ1n) is 12.5. The molecule has 1 aromatic heterocycles. The Kier molecular flexibility index (Phi) is 8.34. The molecular formula is C29H31N3O6. The van der Waals surface area contributed by atoms with E-state index >= 15 is 0 Å². The summed E-state index contributed by atoms with van der Waals surface area (Å²) in [5.74, 6) is -1.11. The number of aromatic hydroxyl groups is 2. The Morgan fingerprint density at radius 3 is 2.55 bits per heavy atom. The lowest BCUT2D eigenvalue weighted by Crippen LogP contribution is -2.44. The minimum atomic E-state index is -0.770. The van der Waals surface area contributed by atoms with Gasteiger partial charge in [-0.25, -0.2) is 0 Å². The zero-order chi connectivity index (χ0) is 27.2. The molecule has 1 atom stereocenters. The predicted molar refractivity (Wildman–Crippen MR) is 140 cm³/mol. The summed E-state index contributed by atoms with van der Waals surface area (Å²) in [6.07, 6.45) is 1.49. The van der Waals surface area contributed by atoms with Crippen molar-refractivity contribution in [2.45, 2.75) is 44.7 Å². The van der Waals surface area contributed by atoms with Crippen LogP contribution in [0.5, 0.6) is 17.2 Å². The molecular weight excluding hydrogens is 486 g/mol. The molecule has 1 aliphatic heterocycles. The number of phenols is 1. The number of ether oxygens (including phenoxy) is 1. The van der Waals surface area contributed by atoms with Gasteiger partial charge in [0, 0.05) is 38.2 Å². The smallest absolute Gasteiger partial charge is 0.227 e. The first-order chi connectivity index (χ1) is 18.3. The van der Waals surface area contributed by atoms with Crippen molar-refractivity contribution in [2.24, 2.45) is 0 Å². The summed E-state index contributed by atoms with van der Waals surface area (Å²) in [7, 11) is 1.42. The molecule has 4 rings (SSSR count). The van der Waals surface area contributed by atoms with Gasteiger partial charge in [0.1, 0.15) is 5.76 Å². The number of benzene rings is 2. The van der Waals surface area contributed by atoms with Crippen LogP contribution in [0.1, 0.15) is 53.4 Å². The third kappa shape index (κ3) is 6.33. The van der Waals surface area contributed by atoms with Gasteiger partial charge in [-0.3, -0.25) is 14.5 Å². The molecule has 0 unspecified atom stereocenters. The molecule has 1 aliphatic rings. The van der Waals surface area contributed by atoms with Gasteiger partial charge in [0.25, 0.3) is 0 Å². The highest BCUT2D eigenvalue weighted by Crippen LogP contribution is 2.37. The Morgan fingerprint density at radius 1 is 1.18 bits per heavy atom. The molecule has 9 heteroatoms. The number of hydrogen-bond acceptors (Lipinski definition) is 8. The van der Waals surface area contributed by atoms with E-state index in [-0.39, 0.29) is 35.6 Å². The number of nitrogens with one attached hydrogen (secondary N) is 1. The summed E-state index contributed by atoms with van der Waals surface area (Å²) in [4.78, 5) is 27.8. The molecule has 0 aliphatic carbocycles. The van der Waals surface area contributed by atoms with Crippen LogP contribution in [0.15, 0.2) is 57.7 Å². The van der Waals surface area contributed by atoms with Crippen LogP contribution in [0.3, 0.4) is 0 Å². The van der Waals surface area contributed by atoms with E-state index in [1.165, 1.54) is 19.2 Å². The van der Waals surface area contributed by atoms with Gasteiger partial charge in [0.05, 0.1) is 24.7 Å². The zero-order valence-electron chi connectivity index (χ0n) is 21.4. The molecule has 2 aromatic carbocycles. The lowest BCUT2D eigenvalue weighted by molar-refractivity contribution is -0.122. The maximum Gasteiger partial charge on any atom is 0.227 e. The molecule has 198 valence electrons. The number of nitrogens with zero attached hydrogens (tertiary/aromatic N) is 2. The molecule has 0 bridgehead atoms. The standard InChI is InChI=1S/C29H31N3O6/c1-18-13-25(34)28(36)29(38-18)23(21-7-8-24(33)26(14-21)37-2)15-27(35)31-22-9-11-32(12-10-22)17-20-5-3-19(16-30)4-6-20/h3-8,13-14,22-23,33,36H,9-12,15,17H2,1-2H3,(H,31,35)/t23-/m1/s1. The van der Waals surface area contributed by atoms with Crippen molar-refractivity contribution in [1.82, 2.24) is 10.2 Å². The highest BCUT2D eigenvalue weighted by molar-refractivity contribution is 5.78. The molecule has 38 heavy (non-hydrogen) atoms. The van der Waals surface area contributed by atoms with Gasteiger partial charge in [0.15, 0.2) is 17.3 Å². The molecule has 3 aromatic rings. The van der Waals surface area contributed by atoms with E-state index < -0.39 is 17.1 Å². The molecule has 1 amide bonds. The van der Waals surface area contributed by atoms with Crippen LogP contribution in [0.2, 0.25) is 0 Å². The van der Waals surface area contributed by atoms with Gasteiger partial charge in [-0.2, -0.15) is 5.26 Å². The maximum atomic E-state index is 13.2. The molecule has 3 N–H and O–H groups in total. The normalized spacial score (nSPS) is 15.0. The van der Waals surface area contributed by atoms with Crippen LogP contribution in [0.25, 0.3) is 0 Å². The SMILES string of the molecule is COc1cc([C@@H](CC(=O)NC2CCN(Cc3ccc(C#N)cc3)CC2)c2oc(C)cc(=O)c2O)ccc1O. The molecule has 1 fully saturated rings. The minimum Gasteiger partial charge on any atom is -0.504 e. The minimum absolute atomic E-state index is 0.00451. The predicted octanol–water partition coefficient (Wildman–Crippen LogP) is 3.54. The summed E-state index contributed by atoms with van der Waals surface area (Å²) < 4.78 is 10.9. The van der Waals surface area contributed by atoms with E-state index in [4.69, 9.17) is 14.4 Å². The number of rotatable bonds is 8. The quantitative estimate of drug-likeness (QED) is 0.413. The van der Waals surface area contributed by atoms with Crippen molar-refractivity contribution in [3.8, 4) is 23.3 Å². The number of hydrogen-bond donors (Lipinski definition) is 3. The first kappa shape index (κ1) is 26.8. The largest absolute Gasteiger partial charge is 0.504 e. The van der Waals surface area contributed by atoms with Gasteiger partial charge in [-0.15, -0.1) is 0 Å². The first-order valence-corrected chi connectivity index (χ1v) is 12.5. The average molecular weight is 518 g/mol. The van der Waals surface area contributed by atoms with Crippen LogP contribution in [-0.4, -0.2) is 47.3 Å². The lowest BCUT2D eigenvalue weighted by Gasteiger charge is -2.32. The average Bonchev–Trinajstić information content (AvgIpc) is 2.91. The number of methoxy groups -OCH3 is 1. The fourth-order valence-electron chi connectivity index (χ4n) is 4.78. The monoisotopic (exact) mass is 517 g/mol. The van der Waals surface area contributed by atoms with E-state index in [1.54, 1.807) is 19.1 Å². The van der Waals surface area contributed by atoms with Crippen LogP contribution in [0, 0.1) is 18.3 Å². The number of carbonyl (C=O) groups is 1. The number of piperidine rings is 1. The second kappa shape index (κ2) is 11.8. The van der Waals surface area contributed by atoms with Gasteiger partial charge in [-0.1, -0.05) is 18.2 Å². The van der Waals surface area contributed by atoms with Crippen molar-refractivity contribution in [2.75, 3.05) is 20.2 Å². The molecule has 0 saturated carbocycles. The van der Waals surface area contributed by atoms with E-state index in [9.17, 15) is 19.8 Å². The number of phenolic OH excluding ortho intramolecular Hbond substituents is 1. The molecule has 2 heterocycles. The van der Waals surface area contributed by atoms with Crippen molar-refractivity contribution in [3.05, 3.63) is 87.0 Å². The van der Waals surface area contributed by atoms with E-state index in [2.05, 4.69) is 16.3 Å². The summed E-state index contributed by atoms with van der Waals surface area (Å²) in [5.41, 5.74) is 1.74. The van der Waals surface area contributed by atoms with Crippen molar-refractivity contribution < 1.29 is 24.2 Å². The molecule has 0 radical (unpaired) electrons. The van der Waals surface area contributed by atoms with Crippen molar-refractivity contribution in [1.29, 1.82) is 5.26 Å². The Morgan fingerprint density at radius 2 is 1.89 bits per heavy atom. The Bertz CT molecular complexity index is 1380. The summed E-state index contributed by atoms with van der Waals surface area (Å²) >= 11 is 0. The second-order valence-corrected chi connectivity index (χ2v) is 9.55. The van der Waals surface area contributed by atoms with Crippen LogP contribution in [-0.2, 0) is 11.3 Å². The van der Waals surface area contributed by atoms with Gasteiger partial charge < -0.3 is 24.7 Å². The highest BCUT2D eigenvalue weighted by atomic mass is 16.5. The number of aryl methyl sites for hydroxylation is 1. The topological polar surface area (TPSA) is 136 Å². The Hall–Kier alpha value is -4.29. The van der Waals surface area contributed by atoms with E-state index in [1.807, 2.05) is 24.3 Å². The van der Waals surface area contributed by atoms with Gasteiger partial charge in [0.2, 0.25) is 17.1 Å².